The summed E-state index contributed by atoms with van der Waals surface area (Å²) in [4.78, 5) is 0. The Morgan fingerprint density at radius 3 is 1.93 bits per heavy atom. The van der Waals surface area contributed by atoms with Crippen molar-refractivity contribution in [3.8, 4) is 0 Å². The van der Waals surface area contributed by atoms with Gasteiger partial charge in [-0.15, -0.1) is 0 Å². The summed E-state index contributed by atoms with van der Waals surface area (Å²) in [5, 5.41) is 9.40. The van der Waals surface area contributed by atoms with Crippen LogP contribution in [0.15, 0.2) is 30.3 Å². The van der Waals surface area contributed by atoms with E-state index in [1.54, 1.807) is 6.07 Å². The lowest BCUT2D eigenvalue weighted by molar-refractivity contribution is -0.162. The van der Waals surface area contributed by atoms with Crippen LogP contribution in [0.1, 0.15) is 11.7 Å². The molecule has 84 valence electrons. The van der Waals surface area contributed by atoms with Gasteiger partial charge in [-0.2, -0.15) is 13.2 Å². The molecule has 0 saturated carbocycles. The second-order valence-electron chi connectivity index (χ2n) is 2.93. The molecule has 0 aromatic heterocycles. The molecule has 0 aliphatic rings. The van der Waals surface area contributed by atoms with E-state index >= 15 is 0 Å². The highest BCUT2D eigenvalue weighted by molar-refractivity contribution is 6.49. The average Bonchev–Trinajstić information content (AvgIpc) is 2.16. The molecule has 0 spiro atoms. The number of aliphatic hydroxyl groups excluding tert-OH is 1. The van der Waals surface area contributed by atoms with Crippen molar-refractivity contribution in [2.75, 3.05) is 0 Å². The summed E-state index contributed by atoms with van der Waals surface area (Å²) >= 11 is 10.2. The molecular weight excluding hydrogens is 252 g/mol. The average molecular weight is 259 g/mol. The molecule has 0 heterocycles. The number of benzene rings is 1. The van der Waals surface area contributed by atoms with Gasteiger partial charge in [0.05, 0.1) is 0 Å². The van der Waals surface area contributed by atoms with E-state index in [4.69, 9.17) is 23.2 Å². The van der Waals surface area contributed by atoms with Crippen LogP contribution >= 0.6 is 23.2 Å². The minimum atomic E-state index is -4.90. The van der Waals surface area contributed by atoms with Crippen LogP contribution in [0.5, 0.6) is 0 Å². The van der Waals surface area contributed by atoms with Crippen molar-refractivity contribution in [2.45, 2.75) is 16.6 Å². The number of aliphatic hydroxyl groups is 1. The lowest BCUT2D eigenvalue weighted by atomic mass is 10.1. The van der Waals surface area contributed by atoms with Crippen LogP contribution in [0.2, 0.25) is 0 Å². The summed E-state index contributed by atoms with van der Waals surface area (Å²) in [6, 6.07) is 7.21. The van der Waals surface area contributed by atoms with E-state index in [9.17, 15) is 18.3 Å². The molecule has 0 bridgehead atoms. The summed E-state index contributed by atoms with van der Waals surface area (Å²) in [5.74, 6) is 0. The molecule has 6 heteroatoms. The van der Waals surface area contributed by atoms with Crippen molar-refractivity contribution in [3.05, 3.63) is 35.9 Å². The molecule has 1 aromatic carbocycles. The second kappa shape index (κ2) is 4.20. The van der Waals surface area contributed by atoms with Gasteiger partial charge in [0.1, 0.15) is 6.10 Å². The predicted octanol–water partition coefficient (Wildman–Crippen LogP) is 3.46. The van der Waals surface area contributed by atoms with Gasteiger partial charge in [-0.25, -0.2) is 0 Å². The molecule has 15 heavy (non-hydrogen) atoms. The van der Waals surface area contributed by atoms with Gasteiger partial charge in [0.25, 0.3) is 0 Å². The highest BCUT2D eigenvalue weighted by atomic mass is 35.5. The van der Waals surface area contributed by atoms with Gasteiger partial charge in [0, 0.05) is 0 Å². The molecule has 0 aliphatic carbocycles. The second-order valence-corrected chi connectivity index (χ2v) is 4.32. The van der Waals surface area contributed by atoms with Gasteiger partial charge >= 0.3 is 6.18 Å². The van der Waals surface area contributed by atoms with Gasteiger partial charge in [-0.3, -0.25) is 0 Å². The molecule has 1 atom stereocenters. The smallest absolute Gasteiger partial charge is 0.385 e. The molecular formula is C9H7Cl2F3O. The third-order valence-electron chi connectivity index (χ3n) is 1.84. The van der Waals surface area contributed by atoms with E-state index in [1.165, 1.54) is 24.3 Å². The monoisotopic (exact) mass is 258 g/mol. The first-order chi connectivity index (χ1) is 6.77. The zero-order valence-corrected chi connectivity index (χ0v) is 8.81. The van der Waals surface area contributed by atoms with Gasteiger partial charge < -0.3 is 5.11 Å². The number of rotatable bonds is 2. The van der Waals surface area contributed by atoms with Crippen molar-refractivity contribution in [2.24, 2.45) is 0 Å². The molecule has 1 rings (SSSR count). The standard InChI is InChI=1S/C9H7Cl2F3O/c10-8(11,9(12,13)14)7(15)6-4-2-1-3-5-6/h1-5,7,15H/t7-/m0/s1. The highest BCUT2D eigenvalue weighted by Gasteiger charge is 2.57. The first-order valence-corrected chi connectivity index (χ1v) is 4.70. The summed E-state index contributed by atoms with van der Waals surface area (Å²) in [5.41, 5.74) is 0.0137. The SMILES string of the molecule is O[C@@H](c1ccccc1)C(Cl)(Cl)C(F)(F)F. The Morgan fingerprint density at radius 2 is 1.53 bits per heavy atom. The fourth-order valence-electron chi connectivity index (χ4n) is 1.000. The summed E-state index contributed by atoms with van der Waals surface area (Å²) in [6.07, 6.45) is -6.91. The van der Waals surface area contributed by atoms with Crippen molar-refractivity contribution >= 4 is 23.2 Å². The van der Waals surface area contributed by atoms with Crippen LogP contribution in [0.3, 0.4) is 0 Å². The molecule has 0 fully saturated rings. The number of hydrogen-bond donors (Lipinski definition) is 1. The first-order valence-electron chi connectivity index (χ1n) is 3.94. The fourth-order valence-corrected chi connectivity index (χ4v) is 1.25. The quantitative estimate of drug-likeness (QED) is 0.806. The maximum Gasteiger partial charge on any atom is 0.424 e. The third kappa shape index (κ3) is 2.56. The van der Waals surface area contributed by atoms with Crippen LogP contribution in [-0.2, 0) is 0 Å². The normalized spacial score (nSPS) is 15.1. The van der Waals surface area contributed by atoms with Crippen molar-refractivity contribution < 1.29 is 18.3 Å². The summed E-state index contributed by atoms with van der Waals surface area (Å²) in [6.45, 7) is 0. The summed E-state index contributed by atoms with van der Waals surface area (Å²) in [7, 11) is 0. The molecule has 0 radical (unpaired) electrons. The number of hydrogen-bond acceptors (Lipinski definition) is 1. The molecule has 0 saturated heterocycles. The topological polar surface area (TPSA) is 20.2 Å². The van der Waals surface area contributed by atoms with Gasteiger partial charge in [0.2, 0.25) is 4.33 Å². The number of halogens is 5. The Hall–Kier alpha value is -0.450. The van der Waals surface area contributed by atoms with Crippen LogP contribution in [-0.4, -0.2) is 15.6 Å². The van der Waals surface area contributed by atoms with E-state index in [2.05, 4.69) is 0 Å². The summed E-state index contributed by atoms with van der Waals surface area (Å²) < 4.78 is 33.8. The Labute approximate surface area is 94.4 Å². The Balaban J connectivity index is 3.00. The van der Waals surface area contributed by atoms with Crippen LogP contribution in [0, 0.1) is 0 Å². The highest BCUT2D eigenvalue weighted by Crippen LogP contribution is 2.48. The molecule has 0 amide bonds. The van der Waals surface area contributed by atoms with Crippen molar-refractivity contribution in [3.63, 3.8) is 0 Å². The van der Waals surface area contributed by atoms with E-state index in [1.807, 2.05) is 0 Å². The minimum absolute atomic E-state index is 0.0137. The van der Waals surface area contributed by atoms with Gasteiger partial charge in [-0.05, 0) is 5.56 Å². The van der Waals surface area contributed by atoms with E-state index < -0.39 is 16.6 Å². The molecule has 0 aliphatic heterocycles. The largest absolute Gasteiger partial charge is 0.424 e. The van der Waals surface area contributed by atoms with Gasteiger partial charge in [-0.1, -0.05) is 53.5 Å². The first kappa shape index (κ1) is 12.6. The van der Waals surface area contributed by atoms with E-state index in [-0.39, 0.29) is 5.56 Å². The molecule has 1 N–H and O–H groups in total. The minimum Gasteiger partial charge on any atom is -0.385 e. The van der Waals surface area contributed by atoms with Crippen LogP contribution < -0.4 is 0 Å². The lowest BCUT2D eigenvalue weighted by Crippen LogP contribution is -2.40. The zero-order chi connectivity index (χ0) is 11.7. The van der Waals surface area contributed by atoms with Crippen LogP contribution in [0.25, 0.3) is 0 Å². The Bertz CT molecular complexity index is 324. The third-order valence-corrected chi connectivity index (χ3v) is 2.68. The van der Waals surface area contributed by atoms with E-state index in [0.717, 1.165) is 0 Å². The molecule has 1 nitrogen and oxygen atoms in total. The van der Waals surface area contributed by atoms with Gasteiger partial charge in [0.15, 0.2) is 0 Å². The van der Waals surface area contributed by atoms with Crippen molar-refractivity contribution in [1.82, 2.24) is 0 Å². The maximum atomic E-state index is 12.3. The zero-order valence-electron chi connectivity index (χ0n) is 7.30. The predicted molar refractivity (Wildman–Crippen MR) is 51.9 cm³/mol. The number of alkyl halides is 5. The fraction of sp³-hybridized carbons (Fsp3) is 0.333. The Kier molecular flexibility index (Phi) is 3.53. The van der Waals surface area contributed by atoms with Crippen LogP contribution in [0.4, 0.5) is 13.2 Å². The van der Waals surface area contributed by atoms with E-state index in [0.29, 0.717) is 0 Å². The van der Waals surface area contributed by atoms with Crippen molar-refractivity contribution in [1.29, 1.82) is 0 Å². The molecule has 1 aromatic rings. The molecule has 0 unspecified atom stereocenters. The maximum absolute atomic E-state index is 12.3. The Morgan fingerprint density at radius 1 is 1.07 bits per heavy atom. The lowest BCUT2D eigenvalue weighted by Gasteiger charge is -2.28.